The molecule has 0 aliphatic carbocycles. The fourth-order valence-electron chi connectivity index (χ4n) is 3.37. The average Bonchev–Trinajstić information content (AvgIpc) is 3.18. The first-order valence-corrected chi connectivity index (χ1v) is 10.3. The average molecular weight is 398 g/mol. The van der Waals surface area contributed by atoms with E-state index in [1.54, 1.807) is 24.6 Å². The van der Waals surface area contributed by atoms with Gasteiger partial charge in [-0.15, -0.1) is 0 Å². The predicted octanol–water partition coefficient (Wildman–Crippen LogP) is 2.73. The number of methoxy groups -OCH3 is 1. The Morgan fingerprint density at radius 1 is 1.29 bits per heavy atom. The van der Waals surface area contributed by atoms with E-state index in [0.29, 0.717) is 13.2 Å². The van der Waals surface area contributed by atoms with Crippen molar-refractivity contribution in [3.8, 4) is 11.3 Å². The van der Waals surface area contributed by atoms with E-state index in [2.05, 4.69) is 15.2 Å². The number of pyridine rings is 2. The standard InChI is InChI=1S/C20H23N5O2S/c1-27-12-9-22-18(26)14-6-10-25(11-7-14)20-24-17-5-4-16(23-19(17)28-20)15-3-2-8-21-13-15/h2-5,8,13-14H,6-7,9-12H2,1H3,(H,22,26). The minimum absolute atomic E-state index is 0.0674. The van der Waals surface area contributed by atoms with E-state index in [0.717, 1.165) is 52.7 Å². The van der Waals surface area contributed by atoms with Gasteiger partial charge in [0.15, 0.2) is 5.13 Å². The van der Waals surface area contributed by atoms with Gasteiger partial charge in [0, 0.05) is 50.6 Å². The molecule has 0 spiro atoms. The molecule has 1 amide bonds. The van der Waals surface area contributed by atoms with E-state index in [1.165, 1.54) is 0 Å². The molecule has 0 aromatic carbocycles. The highest BCUT2D eigenvalue weighted by molar-refractivity contribution is 7.21. The maximum absolute atomic E-state index is 12.2. The van der Waals surface area contributed by atoms with E-state index < -0.39 is 0 Å². The number of hydrogen-bond acceptors (Lipinski definition) is 7. The summed E-state index contributed by atoms with van der Waals surface area (Å²) in [5.74, 6) is 0.196. The second-order valence-corrected chi connectivity index (χ2v) is 7.76. The summed E-state index contributed by atoms with van der Waals surface area (Å²) in [4.78, 5) is 29.1. The van der Waals surface area contributed by atoms with Crippen LogP contribution in [-0.2, 0) is 9.53 Å². The maximum atomic E-state index is 12.2. The molecule has 1 aliphatic rings. The Hall–Kier alpha value is -2.58. The number of nitrogens with zero attached hydrogens (tertiary/aromatic N) is 4. The van der Waals surface area contributed by atoms with Crippen LogP contribution < -0.4 is 10.2 Å². The van der Waals surface area contributed by atoms with Crippen LogP contribution in [0.4, 0.5) is 5.13 Å². The summed E-state index contributed by atoms with van der Waals surface area (Å²) >= 11 is 1.61. The lowest BCUT2D eigenvalue weighted by Crippen LogP contribution is -2.41. The summed E-state index contributed by atoms with van der Waals surface area (Å²) in [6.45, 7) is 2.78. The van der Waals surface area contributed by atoms with Crippen LogP contribution in [0.15, 0.2) is 36.7 Å². The topological polar surface area (TPSA) is 80.2 Å². The van der Waals surface area contributed by atoms with Crippen LogP contribution in [0.25, 0.3) is 21.6 Å². The highest BCUT2D eigenvalue weighted by atomic mass is 32.1. The molecule has 0 atom stereocenters. The number of rotatable bonds is 6. The van der Waals surface area contributed by atoms with E-state index in [4.69, 9.17) is 14.7 Å². The van der Waals surface area contributed by atoms with Crippen molar-refractivity contribution in [1.29, 1.82) is 0 Å². The summed E-state index contributed by atoms with van der Waals surface area (Å²) in [5.41, 5.74) is 2.81. The van der Waals surface area contributed by atoms with Gasteiger partial charge in [-0.25, -0.2) is 9.97 Å². The fourth-order valence-corrected chi connectivity index (χ4v) is 4.36. The van der Waals surface area contributed by atoms with Gasteiger partial charge in [0.05, 0.1) is 12.3 Å². The zero-order valence-electron chi connectivity index (χ0n) is 15.8. The Labute approximate surface area is 167 Å². The van der Waals surface area contributed by atoms with Crippen molar-refractivity contribution in [1.82, 2.24) is 20.3 Å². The molecule has 1 aliphatic heterocycles. The summed E-state index contributed by atoms with van der Waals surface area (Å²) in [6, 6.07) is 7.92. The largest absolute Gasteiger partial charge is 0.383 e. The van der Waals surface area contributed by atoms with Gasteiger partial charge in [-0.05, 0) is 37.1 Å². The number of fused-ring (bicyclic) bond motifs is 1. The minimum Gasteiger partial charge on any atom is -0.383 e. The van der Waals surface area contributed by atoms with Crippen LogP contribution in [0.5, 0.6) is 0 Å². The van der Waals surface area contributed by atoms with Gasteiger partial charge in [-0.1, -0.05) is 11.3 Å². The number of carbonyl (C=O) groups is 1. The number of hydrogen-bond donors (Lipinski definition) is 1. The molecule has 4 heterocycles. The Morgan fingerprint density at radius 3 is 2.89 bits per heavy atom. The first kappa shape index (κ1) is 18.8. The summed E-state index contributed by atoms with van der Waals surface area (Å²) in [5, 5.41) is 3.92. The molecule has 7 nitrogen and oxygen atoms in total. The van der Waals surface area contributed by atoms with E-state index >= 15 is 0 Å². The van der Waals surface area contributed by atoms with Gasteiger partial charge < -0.3 is 15.0 Å². The normalized spacial score (nSPS) is 15.1. The molecule has 28 heavy (non-hydrogen) atoms. The molecule has 0 saturated carbocycles. The van der Waals surface area contributed by atoms with Crippen molar-refractivity contribution in [2.24, 2.45) is 5.92 Å². The van der Waals surface area contributed by atoms with Gasteiger partial charge >= 0.3 is 0 Å². The minimum atomic E-state index is 0.0674. The molecule has 0 unspecified atom stereocenters. The lowest BCUT2D eigenvalue weighted by atomic mass is 9.96. The van der Waals surface area contributed by atoms with Crippen LogP contribution in [-0.4, -0.2) is 54.2 Å². The van der Waals surface area contributed by atoms with E-state index in [1.807, 2.05) is 30.5 Å². The molecule has 1 fully saturated rings. The molecule has 4 rings (SSSR count). The number of piperidine rings is 1. The van der Waals surface area contributed by atoms with Gasteiger partial charge in [0.1, 0.15) is 10.3 Å². The number of anilines is 1. The molecular formula is C20H23N5O2S. The predicted molar refractivity (Wildman–Crippen MR) is 110 cm³/mol. The van der Waals surface area contributed by atoms with Gasteiger partial charge in [-0.3, -0.25) is 9.78 Å². The third kappa shape index (κ3) is 4.13. The Bertz CT molecular complexity index is 938. The van der Waals surface area contributed by atoms with Gasteiger partial charge in [0.25, 0.3) is 0 Å². The van der Waals surface area contributed by atoms with Crippen molar-refractivity contribution < 1.29 is 9.53 Å². The highest BCUT2D eigenvalue weighted by Gasteiger charge is 2.26. The first-order chi connectivity index (χ1) is 13.7. The fraction of sp³-hybridized carbons (Fsp3) is 0.400. The van der Waals surface area contributed by atoms with Crippen molar-refractivity contribution >= 4 is 32.7 Å². The van der Waals surface area contributed by atoms with Crippen LogP contribution in [0, 0.1) is 5.92 Å². The van der Waals surface area contributed by atoms with E-state index in [-0.39, 0.29) is 11.8 Å². The first-order valence-electron chi connectivity index (χ1n) is 9.44. The quantitative estimate of drug-likeness (QED) is 0.644. The van der Waals surface area contributed by atoms with Gasteiger partial charge in [0.2, 0.25) is 5.91 Å². The molecule has 1 saturated heterocycles. The molecule has 0 radical (unpaired) electrons. The Morgan fingerprint density at radius 2 is 2.14 bits per heavy atom. The van der Waals surface area contributed by atoms with Gasteiger partial charge in [-0.2, -0.15) is 0 Å². The van der Waals surface area contributed by atoms with Crippen molar-refractivity contribution in [2.75, 3.05) is 38.3 Å². The molecule has 3 aromatic heterocycles. The number of thiazole rings is 1. The molecule has 146 valence electrons. The lowest BCUT2D eigenvalue weighted by Gasteiger charge is -2.30. The van der Waals surface area contributed by atoms with Crippen molar-refractivity contribution in [3.05, 3.63) is 36.7 Å². The third-order valence-corrected chi connectivity index (χ3v) is 5.97. The lowest BCUT2D eigenvalue weighted by molar-refractivity contribution is -0.125. The summed E-state index contributed by atoms with van der Waals surface area (Å²) < 4.78 is 4.98. The number of amides is 1. The molecule has 1 N–H and O–H groups in total. The number of nitrogens with one attached hydrogen (secondary N) is 1. The Kier molecular flexibility index (Phi) is 5.78. The summed E-state index contributed by atoms with van der Waals surface area (Å²) in [6.07, 6.45) is 5.25. The number of carbonyl (C=O) groups excluding carboxylic acids is 1. The molecule has 3 aromatic rings. The highest BCUT2D eigenvalue weighted by Crippen LogP contribution is 2.32. The zero-order valence-corrected chi connectivity index (χ0v) is 16.6. The van der Waals surface area contributed by atoms with Crippen LogP contribution >= 0.6 is 11.3 Å². The van der Waals surface area contributed by atoms with Crippen LogP contribution in [0.2, 0.25) is 0 Å². The second kappa shape index (κ2) is 8.62. The number of ether oxygens (including phenoxy) is 1. The second-order valence-electron chi connectivity index (χ2n) is 6.80. The molecule has 8 heteroatoms. The molecular weight excluding hydrogens is 374 g/mol. The monoisotopic (exact) mass is 397 g/mol. The smallest absolute Gasteiger partial charge is 0.223 e. The summed E-state index contributed by atoms with van der Waals surface area (Å²) in [7, 11) is 1.64. The zero-order chi connectivity index (χ0) is 19.3. The maximum Gasteiger partial charge on any atom is 0.223 e. The Balaban J connectivity index is 1.42. The van der Waals surface area contributed by atoms with Crippen LogP contribution in [0.3, 0.4) is 0 Å². The third-order valence-electron chi connectivity index (χ3n) is 4.94. The number of aromatic nitrogens is 3. The molecule has 0 bridgehead atoms. The van der Waals surface area contributed by atoms with E-state index in [9.17, 15) is 4.79 Å². The van der Waals surface area contributed by atoms with Crippen molar-refractivity contribution in [3.63, 3.8) is 0 Å². The van der Waals surface area contributed by atoms with Crippen LogP contribution in [0.1, 0.15) is 12.8 Å². The SMILES string of the molecule is COCCNC(=O)C1CCN(c2nc3ccc(-c4cccnc4)nc3s2)CC1. The van der Waals surface area contributed by atoms with Crippen molar-refractivity contribution in [2.45, 2.75) is 12.8 Å².